The maximum absolute atomic E-state index is 13.9. The molecule has 4 heterocycles. The fourth-order valence-electron chi connectivity index (χ4n) is 5.60. The number of aliphatic hydroxyl groups excluding tert-OH is 1. The molecular weight excluding hydrogens is 584 g/mol. The molecule has 0 bridgehead atoms. The van der Waals surface area contributed by atoms with Crippen molar-refractivity contribution in [1.29, 1.82) is 0 Å². The minimum Gasteiger partial charge on any atom is -0.454 e. The summed E-state index contributed by atoms with van der Waals surface area (Å²) in [5.74, 6) is 0.674. The second kappa shape index (κ2) is 13.3. The summed E-state index contributed by atoms with van der Waals surface area (Å²) in [7, 11) is -4.28. The van der Waals surface area contributed by atoms with Crippen molar-refractivity contribution >= 4 is 16.1 Å². The van der Waals surface area contributed by atoms with E-state index in [9.17, 15) is 18.3 Å². The minimum absolute atomic E-state index is 0.00974. The van der Waals surface area contributed by atoms with E-state index in [4.69, 9.17) is 33.3 Å². The number of carbonyl (C=O) groups excluding carboxylic acids is 1. The largest absolute Gasteiger partial charge is 0.454 e. The molecule has 2 aromatic rings. The second-order valence-electron chi connectivity index (χ2n) is 10.9. The molecular formula is C29H36N2O11S. The SMILES string of the molecule is O=C(NC(Cc1ccccc1)C(O)CN(OC1CCOCC1)S(=O)(=O)c1ccc2c(c1)OCO2)OC1COC2OCCC12. The Morgan fingerprint density at radius 2 is 1.81 bits per heavy atom. The molecule has 0 radical (unpaired) electrons. The van der Waals surface area contributed by atoms with Crippen LogP contribution in [0.1, 0.15) is 24.8 Å². The number of hydrogen-bond acceptors (Lipinski definition) is 11. The topological polar surface area (TPSA) is 151 Å². The average molecular weight is 621 g/mol. The Bertz CT molecular complexity index is 1360. The van der Waals surface area contributed by atoms with Crippen LogP contribution in [0.5, 0.6) is 11.5 Å². The number of nitrogens with zero attached hydrogens (tertiary/aromatic N) is 1. The van der Waals surface area contributed by atoms with Crippen molar-refractivity contribution in [2.24, 2.45) is 5.92 Å². The number of carbonyl (C=O) groups is 1. The molecule has 2 aromatic carbocycles. The van der Waals surface area contributed by atoms with Gasteiger partial charge in [0.2, 0.25) is 6.79 Å². The van der Waals surface area contributed by atoms with Gasteiger partial charge in [-0.25, -0.2) is 13.2 Å². The first kappa shape index (κ1) is 30.1. The summed E-state index contributed by atoms with van der Waals surface area (Å²) in [6.07, 6.45) is -1.54. The number of rotatable bonds is 11. The molecule has 5 atom stereocenters. The predicted octanol–water partition coefficient (Wildman–Crippen LogP) is 1.98. The summed E-state index contributed by atoms with van der Waals surface area (Å²) in [4.78, 5) is 19.0. The summed E-state index contributed by atoms with van der Waals surface area (Å²) in [5.41, 5.74) is 0.829. The van der Waals surface area contributed by atoms with Crippen LogP contribution in [0, 0.1) is 5.92 Å². The van der Waals surface area contributed by atoms with Gasteiger partial charge in [0.1, 0.15) is 6.10 Å². The Hall–Kier alpha value is -2.98. The van der Waals surface area contributed by atoms with Gasteiger partial charge >= 0.3 is 6.09 Å². The normalized spacial score (nSPS) is 24.9. The third kappa shape index (κ3) is 7.06. The fraction of sp³-hybridized carbons (Fsp3) is 0.552. The van der Waals surface area contributed by atoms with Gasteiger partial charge < -0.3 is 38.8 Å². The second-order valence-corrected chi connectivity index (χ2v) is 12.7. The van der Waals surface area contributed by atoms with E-state index in [2.05, 4.69) is 5.32 Å². The van der Waals surface area contributed by atoms with Crippen LogP contribution in [0.3, 0.4) is 0 Å². The Balaban J connectivity index is 1.21. The van der Waals surface area contributed by atoms with Crippen molar-refractivity contribution in [3.8, 4) is 11.5 Å². The Kier molecular flexibility index (Phi) is 9.33. The number of hydrogen-bond donors (Lipinski definition) is 2. The molecule has 0 aromatic heterocycles. The third-order valence-electron chi connectivity index (χ3n) is 7.99. The van der Waals surface area contributed by atoms with Gasteiger partial charge in [0, 0.05) is 19.3 Å². The van der Waals surface area contributed by atoms with E-state index < -0.39 is 47.0 Å². The van der Waals surface area contributed by atoms with E-state index >= 15 is 0 Å². The molecule has 13 nitrogen and oxygen atoms in total. The van der Waals surface area contributed by atoms with Gasteiger partial charge in [0.05, 0.1) is 48.8 Å². The first-order chi connectivity index (χ1) is 20.9. The maximum Gasteiger partial charge on any atom is 0.407 e. The lowest BCUT2D eigenvalue weighted by atomic mass is 10.0. The van der Waals surface area contributed by atoms with Crippen LogP contribution in [0.15, 0.2) is 53.4 Å². The van der Waals surface area contributed by atoms with Crippen LogP contribution in [0.25, 0.3) is 0 Å². The van der Waals surface area contributed by atoms with E-state index in [1.165, 1.54) is 18.2 Å². The average Bonchev–Trinajstić information content (AvgIpc) is 3.76. The van der Waals surface area contributed by atoms with Gasteiger partial charge in [0.15, 0.2) is 17.8 Å². The van der Waals surface area contributed by atoms with Crippen LogP contribution in [-0.2, 0) is 40.2 Å². The van der Waals surface area contributed by atoms with Gasteiger partial charge in [-0.1, -0.05) is 34.8 Å². The predicted molar refractivity (Wildman–Crippen MR) is 149 cm³/mol. The van der Waals surface area contributed by atoms with Crippen molar-refractivity contribution in [1.82, 2.24) is 9.79 Å². The molecule has 5 unspecified atom stereocenters. The van der Waals surface area contributed by atoms with Gasteiger partial charge in [-0.15, -0.1) is 0 Å². The Labute approximate surface area is 249 Å². The summed E-state index contributed by atoms with van der Waals surface area (Å²) >= 11 is 0. The molecule has 6 rings (SSSR count). The minimum atomic E-state index is -4.28. The summed E-state index contributed by atoms with van der Waals surface area (Å²) in [5, 5.41) is 14.3. The number of fused-ring (bicyclic) bond motifs is 2. The Morgan fingerprint density at radius 3 is 2.63 bits per heavy atom. The van der Waals surface area contributed by atoms with Crippen LogP contribution >= 0.6 is 0 Å². The number of sulfonamides is 1. The van der Waals surface area contributed by atoms with Crippen molar-refractivity contribution < 1.29 is 51.6 Å². The summed E-state index contributed by atoms with van der Waals surface area (Å²) < 4.78 is 61.5. The highest BCUT2D eigenvalue weighted by molar-refractivity contribution is 7.89. The molecule has 3 fully saturated rings. The first-order valence-electron chi connectivity index (χ1n) is 14.5. The van der Waals surface area contributed by atoms with E-state index in [0.29, 0.717) is 44.2 Å². The number of hydroxylamine groups is 1. The number of amides is 1. The van der Waals surface area contributed by atoms with Crippen molar-refractivity contribution in [3.63, 3.8) is 0 Å². The molecule has 43 heavy (non-hydrogen) atoms. The van der Waals surface area contributed by atoms with Gasteiger partial charge in [-0.2, -0.15) is 0 Å². The van der Waals surface area contributed by atoms with E-state index in [-0.39, 0.29) is 36.9 Å². The van der Waals surface area contributed by atoms with Gasteiger partial charge in [-0.05, 0) is 43.4 Å². The highest BCUT2D eigenvalue weighted by Gasteiger charge is 2.44. The molecule has 234 valence electrons. The summed E-state index contributed by atoms with van der Waals surface area (Å²) in [6, 6.07) is 12.6. The van der Waals surface area contributed by atoms with Crippen LogP contribution in [0.4, 0.5) is 4.79 Å². The first-order valence-corrected chi connectivity index (χ1v) is 15.9. The lowest BCUT2D eigenvalue weighted by Gasteiger charge is -2.32. The van der Waals surface area contributed by atoms with Gasteiger partial charge in [-0.3, -0.25) is 4.84 Å². The van der Waals surface area contributed by atoms with Gasteiger partial charge in [0.25, 0.3) is 10.0 Å². The smallest absolute Gasteiger partial charge is 0.407 e. The lowest BCUT2D eigenvalue weighted by Crippen LogP contribution is -2.52. The van der Waals surface area contributed by atoms with E-state index in [1.807, 2.05) is 30.3 Å². The molecule has 0 saturated carbocycles. The maximum atomic E-state index is 13.9. The number of ether oxygens (including phenoxy) is 6. The highest BCUT2D eigenvalue weighted by Crippen LogP contribution is 2.35. The molecule has 0 spiro atoms. The van der Waals surface area contributed by atoms with E-state index in [1.54, 1.807) is 0 Å². The van der Waals surface area contributed by atoms with Crippen molar-refractivity contribution in [3.05, 3.63) is 54.1 Å². The highest BCUT2D eigenvalue weighted by atomic mass is 32.2. The molecule has 4 aliphatic rings. The van der Waals surface area contributed by atoms with Crippen LogP contribution < -0.4 is 14.8 Å². The standard InChI is InChI=1S/C29H36N2O11S/c32-24(23(14-19-4-2-1-3-5-19)30-29(33)41-27-17-38-28-22(27)10-13-37-28)16-31(42-20-8-11-36-12-9-20)43(34,35)21-6-7-25-26(15-21)40-18-39-25/h1-7,15,20,22-24,27-28,32H,8-14,16-18H2,(H,30,33). The molecule has 1 amide bonds. The number of nitrogens with one attached hydrogen (secondary N) is 1. The molecule has 14 heteroatoms. The van der Waals surface area contributed by atoms with E-state index in [0.717, 1.165) is 16.5 Å². The number of benzene rings is 2. The molecule has 0 aliphatic carbocycles. The Morgan fingerprint density at radius 1 is 1.02 bits per heavy atom. The third-order valence-corrected chi connectivity index (χ3v) is 9.61. The van der Waals surface area contributed by atoms with Crippen LogP contribution in [-0.4, -0.2) is 94.5 Å². The zero-order valence-electron chi connectivity index (χ0n) is 23.5. The summed E-state index contributed by atoms with van der Waals surface area (Å²) in [6.45, 7) is 1.13. The quantitative estimate of drug-likeness (QED) is 0.355. The van der Waals surface area contributed by atoms with Crippen LogP contribution in [0.2, 0.25) is 0 Å². The van der Waals surface area contributed by atoms with Crippen molar-refractivity contribution in [2.45, 2.75) is 61.2 Å². The molecule has 4 aliphatic heterocycles. The number of alkyl carbamates (subject to hydrolysis) is 1. The zero-order chi connectivity index (χ0) is 29.8. The van der Waals surface area contributed by atoms with Crippen molar-refractivity contribution in [2.75, 3.05) is 39.8 Å². The molecule has 3 saturated heterocycles. The number of aliphatic hydroxyl groups is 1. The monoisotopic (exact) mass is 620 g/mol. The lowest BCUT2D eigenvalue weighted by molar-refractivity contribution is -0.170. The fourth-order valence-corrected chi connectivity index (χ4v) is 6.92. The zero-order valence-corrected chi connectivity index (χ0v) is 24.4. The molecule has 2 N–H and O–H groups in total.